The second-order valence-corrected chi connectivity index (χ2v) is 5.91. The predicted octanol–water partition coefficient (Wildman–Crippen LogP) is 4.58. The first kappa shape index (κ1) is 17.8. The largest absolute Gasteiger partial charge is 0.507 e. The van der Waals surface area contributed by atoms with E-state index in [2.05, 4.69) is 32.6 Å². The van der Waals surface area contributed by atoms with E-state index < -0.39 is 0 Å². The third kappa shape index (κ3) is 6.38. The summed E-state index contributed by atoms with van der Waals surface area (Å²) in [6, 6.07) is 6.15. The highest BCUT2D eigenvalue weighted by molar-refractivity contribution is 5.39. The standard InChI is InChI=1S/C18H31NO2/c1-5-7-8-11-19(15(3)4)14-16-9-10-17(13-18(16)20)21-12-6-2/h9-10,13,15,20H,5-8,11-12,14H2,1-4H3. The van der Waals surface area contributed by atoms with Gasteiger partial charge in [0.25, 0.3) is 0 Å². The van der Waals surface area contributed by atoms with Crippen molar-refractivity contribution >= 4 is 0 Å². The van der Waals surface area contributed by atoms with Gasteiger partial charge in [-0.05, 0) is 39.3 Å². The van der Waals surface area contributed by atoms with E-state index in [9.17, 15) is 5.11 Å². The van der Waals surface area contributed by atoms with Gasteiger partial charge in [0.15, 0.2) is 0 Å². The van der Waals surface area contributed by atoms with Crippen molar-refractivity contribution in [1.29, 1.82) is 0 Å². The van der Waals surface area contributed by atoms with Crippen LogP contribution < -0.4 is 4.74 Å². The molecule has 0 heterocycles. The minimum Gasteiger partial charge on any atom is -0.507 e. The Morgan fingerprint density at radius 3 is 2.48 bits per heavy atom. The fourth-order valence-corrected chi connectivity index (χ4v) is 2.29. The molecule has 0 saturated carbocycles. The third-order valence-electron chi connectivity index (χ3n) is 3.68. The normalized spacial score (nSPS) is 11.3. The molecule has 0 aliphatic rings. The van der Waals surface area contributed by atoms with Crippen LogP contribution in [0.5, 0.6) is 11.5 Å². The highest BCUT2D eigenvalue weighted by Crippen LogP contribution is 2.25. The highest BCUT2D eigenvalue weighted by Gasteiger charge is 2.12. The summed E-state index contributed by atoms with van der Waals surface area (Å²) in [4.78, 5) is 2.41. The Morgan fingerprint density at radius 1 is 1.14 bits per heavy atom. The molecule has 0 aliphatic heterocycles. The summed E-state index contributed by atoms with van der Waals surface area (Å²) < 4.78 is 5.55. The number of phenolic OH excluding ortho intramolecular Hbond substituents is 1. The Morgan fingerprint density at radius 2 is 1.90 bits per heavy atom. The van der Waals surface area contributed by atoms with Crippen LogP contribution in [0.15, 0.2) is 18.2 Å². The van der Waals surface area contributed by atoms with Crippen LogP contribution in [-0.2, 0) is 6.54 Å². The molecule has 0 bridgehead atoms. The molecule has 1 N–H and O–H groups in total. The molecule has 21 heavy (non-hydrogen) atoms. The lowest BCUT2D eigenvalue weighted by Gasteiger charge is -2.27. The van der Waals surface area contributed by atoms with E-state index in [0.717, 1.165) is 30.8 Å². The number of benzene rings is 1. The Kier molecular flexibility index (Phi) is 8.21. The van der Waals surface area contributed by atoms with Crippen LogP contribution in [-0.4, -0.2) is 29.2 Å². The lowest BCUT2D eigenvalue weighted by molar-refractivity contribution is 0.206. The minimum absolute atomic E-state index is 0.338. The number of aromatic hydroxyl groups is 1. The first-order valence-electron chi connectivity index (χ1n) is 8.27. The number of phenols is 1. The molecule has 0 atom stereocenters. The maximum atomic E-state index is 10.2. The van der Waals surface area contributed by atoms with Crippen LogP contribution in [0.25, 0.3) is 0 Å². The molecule has 1 rings (SSSR count). The topological polar surface area (TPSA) is 32.7 Å². The summed E-state index contributed by atoms with van der Waals surface area (Å²) >= 11 is 0. The fourth-order valence-electron chi connectivity index (χ4n) is 2.29. The van der Waals surface area contributed by atoms with Gasteiger partial charge >= 0.3 is 0 Å². The number of unbranched alkanes of at least 4 members (excludes halogenated alkanes) is 2. The van der Waals surface area contributed by atoms with E-state index in [1.54, 1.807) is 6.07 Å². The lowest BCUT2D eigenvalue weighted by atomic mass is 10.1. The molecule has 0 amide bonds. The lowest BCUT2D eigenvalue weighted by Crippen LogP contribution is -2.31. The average Bonchev–Trinajstić information content (AvgIpc) is 2.46. The summed E-state index contributed by atoms with van der Waals surface area (Å²) in [5.41, 5.74) is 0.976. The van der Waals surface area contributed by atoms with Gasteiger partial charge in [-0.3, -0.25) is 4.90 Å². The van der Waals surface area contributed by atoms with Crippen molar-refractivity contribution < 1.29 is 9.84 Å². The van der Waals surface area contributed by atoms with Gasteiger partial charge in [0, 0.05) is 24.2 Å². The quantitative estimate of drug-likeness (QED) is 0.641. The smallest absolute Gasteiger partial charge is 0.123 e. The van der Waals surface area contributed by atoms with Crippen LogP contribution in [0.1, 0.15) is 58.9 Å². The maximum absolute atomic E-state index is 10.2. The first-order chi connectivity index (χ1) is 10.1. The highest BCUT2D eigenvalue weighted by atomic mass is 16.5. The van der Waals surface area contributed by atoms with E-state index in [0.29, 0.717) is 18.4 Å². The van der Waals surface area contributed by atoms with Crippen LogP contribution in [0.3, 0.4) is 0 Å². The van der Waals surface area contributed by atoms with E-state index in [1.807, 2.05) is 12.1 Å². The first-order valence-corrected chi connectivity index (χ1v) is 8.27. The zero-order chi connectivity index (χ0) is 15.7. The zero-order valence-electron chi connectivity index (χ0n) is 14.1. The summed E-state index contributed by atoms with van der Waals surface area (Å²) in [7, 11) is 0. The molecule has 0 aromatic heterocycles. The van der Waals surface area contributed by atoms with E-state index in [-0.39, 0.29) is 0 Å². The maximum Gasteiger partial charge on any atom is 0.123 e. The van der Waals surface area contributed by atoms with Gasteiger partial charge in [0.05, 0.1) is 6.61 Å². The molecule has 3 nitrogen and oxygen atoms in total. The molecule has 120 valence electrons. The molecule has 1 aromatic carbocycles. The second-order valence-electron chi connectivity index (χ2n) is 5.91. The van der Waals surface area contributed by atoms with Crippen LogP contribution in [0, 0.1) is 0 Å². The van der Waals surface area contributed by atoms with Crippen molar-refractivity contribution in [2.75, 3.05) is 13.2 Å². The summed E-state index contributed by atoms with van der Waals surface area (Å²) in [5.74, 6) is 1.09. The van der Waals surface area contributed by atoms with Gasteiger partial charge < -0.3 is 9.84 Å². The zero-order valence-corrected chi connectivity index (χ0v) is 14.1. The second kappa shape index (κ2) is 9.67. The van der Waals surface area contributed by atoms with Gasteiger partial charge in [-0.2, -0.15) is 0 Å². The van der Waals surface area contributed by atoms with Gasteiger partial charge in [0.1, 0.15) is 11.5 Å². The predicted molar refractivity (Wildman–Crippen MR) is 89.0 cm³/mol. The van der Waals surface area contributed by atoms with Crippen molar-refractivity contribution in [2.24, 2.45) is 0 Å². The minimum atomic E-state index is 0.338. The van der Waals surface area contributed by atoms with E-state index in [4.69, 9.17) is 4.74 Å². The van der Waals surface area contributed by atoms with E-state index >= 15 is 0 Å². The molecule has 0 spiro atoms. The SMILES string of the molecule is CCCCCN(Cc1ccc(OCCC)cc1O)C(C)C. The summed E-state index contributed by atoms with van der Waals surface area (Å²) in [6.07, 6.45) is 4.69. The Labute approximate surface area is 129 Å². The molecule has 1 aromatic rings. The van der Waals surface area contributed by atoms with Gasteiger partial charge in [-0.15, -0.1) is 0 Å². The molecular weight excluding hydrogens is 262 g/mol. The van der Waals surface area contributed by atoms with Crippen LogP contribution >= 0.6 is 0 Å². The van der Waals surface area contributed by atoms with Crippen molar-refractivity contribution in [3.8, 4) is 11.5 Å². The molecule has 0 radical (unpaired) electrons. The van der Waals surface area contributed by atoms with Gasteiger partial charge in [0.2, 0.25) is 0 Å². The Hall–Kier alpha value is -1.22. The monoisotopic (exact) mass is 293 g/mol. The molecule has 0 aliphatic carbocycles. The molecule has 0 saturated heterocycles. The Balaban J connectivity index is 2.65. The number of nitrogens with zero attached hydrogens (tertiary/aromatic N) is 1. The number of hydrogen-bond acceptors (Lipinski definition) is 3. The summed E-state index contributed by atoms with van der Waals surface area (Å²) in [5, 5.41) is 10.2. The van der Waals surface area contributed by atoms with Crippen molar-refractivity contribution in [2.45, 2.75) is 66.0 Å². The Bertz CT molecular complexity index is 404. The van der Waals surface area contributed by atoms with Gasteiger partial charge in [-0.25, -0.2) is 0 Å². The van der Waals surface area contributed by atoms with Crippen LogP contribution in [0.2, 0.25) is 0 Å². The average molecular weight is 293 g/mol. The third-order valence-corrected chi connectivity index (χ3v) is 3.68. The van der Waals surface area contributed by atoms with Crippen molar-refractivity contribution in [3.63, 3.8) is 0 Å². The fraction of sp³-hybridized carbons (Fsp3) is 0.667. The molecule has 0 unspecified atom stereocenters. The number of hydrogen-bond donors (Lipinski definition) is 1. The molecule has 0 fully saturated rings. The number of ether oxygens (including phenoxy) is 1. The van der Waals surface area contributed by atoms with E-state index in [1.165, 1.54) is 19.3 Å². The molecular formula is C18H31NO2. The van der Waals surface area contributed by atoms with Gasteiger partial charge in [-0.1, -0.05) is 32.8 Å². The van der Waals surface area contributed by atoms with Crippen molar-refractivity contribution in [1.82, 2.24) is 4.90 Å². The van der Waals surface area contributed by atoms with Crippen molar-refractivity contribution in [3.05, 3.63) is 23.8 Å². The molecule has 3 heteroatoms. The summed E-state index contributed by atoms with van der Waals surface area (Å²) in [6.45, 7) is 11.3. The van der Waals surface area contributed by atoms with Crippen LogP contribution in [0.4, 0.5) is 0 Å². The number of rotatable bonds is 10.